The molecule has 2 N–H and O–H groups in total. The second-order valence-electron chi connectivity index (χ2n) is 13.0. The molecule has 1 aliphatic carbocycles. The van der Waals surface area contributed by atoms with Crippen LogP contribution >= 0.6 is 0 Å². The molecule has 0 radical (unpaired) electrons. The van der Waals surface area contributed by atoms with Crippen LogP contribution in [0.4, 0.5) is 23.7 Å². The van der Waals surface area contributed by atoms with E-state index in [0.717, 1.165) is 61.9 Å². The molecule has 0 atom stereocenters. The molecule has 2 aromatic heterocycles. The Kier molecular flexibility index (Phi) is 9.44. The van der Waals surface area contributed by atoms with Gasteiger partial charge in [-0.25, -0.2) is 9.78 Å². The zero-order valence-corrected chi connectivity index (χ0v) is 26.9. The second-order valence-corrected chi connectivity index (χ2v) is 13.0. The summed E-state index contributed by atoms with van der Waals surface area (Å²) in [6.45, 7) is 6.25. The fourth-order valence-electron chi connectivity index (χ4n) is 6.56. The zero-order chi connectivity index (χ0) is 34.1. The molecule has 13 heteroatoms. The molecule has 3 heterocycles. The molecule has 48 heavy (non-hydrogen) atoms. The molecule has 0 unspecified atom stereocenters. The van der Waals surface area contributed by atoms with E-state index < -0.39 is 23.4 Å². The van der Waals surface area contributed by atoms with Crippen molar-refractivity contribution in [2.75, 3.05) is 31.5 Å². The Labute approximate surface area is 276 Å². The molecule has 2 aliphatic rings. The predicted molar refractivity (Wildman–Crippen MR) is 173 cm³/mol. The number of piperazine rings is 1. The Bertz CT molecular complexity index is 1760. The van der Waals surface area contributed by atoms with E-state index in [4.69, 9.17) is 9.84 Å². The van der Waals surface area contributed by atoms with Crippen molar-refractivity contribution in [3.63, 3.8) is 0 Å². The van der Waals surface area contributed by atoms with Gasteiger partial charge in [-0.05, 0) is 69.4 Å². The van der Waals surface area contributed by atoms with E-state index in [0.29, 0.717) is 30.2 Å². The largest absolute Gasteiger partial charge is 0.445 e. The highest BCUT2D eigenvalue weighted by atomic mass is 19.4. The van der Waals surface area contributed by atoms with Crippen LogP contribution in [0.5, 0.6) is 0 Å². The number of aromatic nitrogens is 3. The van der Waals surface area contributed by atoms with E-state index >= 15 is 0 Å². The van der Waals surface area contributed by atoms with Gasteiger partial charge in [-0.3, -0.25) is 14.4 Å². The van der Waals surface area contributed by atoms with Gasteiger partial charge in [-0.2, -0.15) is 18.3 Å². The molecule has 1 saturated carbocycles. The van der Waals surface area contributed by atoms with Gasteiger partial charge in [-0.15, -0.1) is 0 Å². The molecule has 2 aromatic carbocycles. The summed E-state index contributed by atoms with van der Waals surface area (Å²) in [6, 6.07) is 16.8. The first-order valence-electron chi connectivity index (χ1n) is 16.2. The summed E-state index contributed by atoms with van der Waals surface area (Å²) in [5.74, 6) is -0.818. The van der Waals surface area contributed by atoms with Gasteiger partial charge < -0.3 is 20.1 Å². The number of pyridine rings is 1. The van der Waals surface area contributed by atoms with Crippen LogP contribution in [-0.2, 0) is 23.1 Å². The highest BCUT2D eigenvalue weighted by Gasteiger charge is 2.34. The number of aliphatic hydroxyl groups is 1. The Morgan fingerprint density at radius 2 is 1.62 bits per heavy atom. The van der Waals surface area contributed by atoms with Gasteiger partial charge in [0.2, 0.25) is 0 Å². The number of halogens is 3. The number of rotatable bonds is 7. The van der Waals surface area contributed by atoms with Crippen LogP contribution in [0, 0.1) is 0 Å². The highest BCUT2D eigenvalue weighted by Crippen LogP contribution is 2.36. The molecule has 1 aliphatic heterocycles. The number of nitrogens with one attached hydrogen (secondary N) is 1. The van der Waals surface area contributed by atoms with Crippen molar-refractivity contribution < 1.29 is 32.6 Å². The SMILES string of the molecule is CC(C)(O)c1cc2nn(C3CCC(N4CCN(C(=O)OCc5ccccc5)CC4)CC3)cc2cc1NC(=O)c1cccc(C(F)(F)F)n1. The van der Waals surface area contributed by atoms with Crippen LogP contribution in [0.2, 0.25) is 0 Å². The monoisotopic (exact) mass is 664 g/mol. The first-order chi connectivity index (χ1) is 22.8. The van der Waals surface area contributed by atoms with Gasteiger partial charge in [-0.1, -0.05) is 36.4 Å². The molecule has 254 valence electrons. The van der Waals surface area contributed by atoms with Crippen LogP contribution < -0.4 is 5.32 Å². The number of alkyl halides is 3. The van der Waals surface area contributed by atoms with Crippen molar-refractivity contribution in [2.45, 2.75) is 70.0 Å². The quantitative estimate of drug-likeness (QED) is 0.236. The van der Waals surface area contributed by atoms with E-state index in [2.05, 4.69) is 15.2 Å². The van der Waals surface area contributed by atoms with Gasteiger partial charge in [0.05, 0.1) is 17.2 Å². The van der Waals surface area contributed by atoms with Crippen LogP contribution in [0.25, 0.3) is 10.9 Å². The van der Waals surface area contributed by atoms with Crippen LogP contribution in [0.3, 0.4) is 0 Å². The Balaban J connectivity index is 1.07. The number of benzene rings is 2. The van der Waals surface area contributed by atoms with Gasteiger partial charge in [0, 0.05) is 55.1 Å². The summed E-state index contributed by atoms with van der Waals surface area (Å²) < 4.78 is 47.0. The first-order valence-corrected chi connectivity index (χ1v) is 16.2. The Hall–Kier alpha value is -4.49. The summed E-state index contributed by atoms with van der Waals surface area (Å²) in [5, 5.41) is 19.1. The van der Waals surface area contributed by atoms with E-state index in [1.165, 1.54) is 6.07 Å². The smallest absolute Gasteiger partial charge is 0.433 e. The first kappa shape index (κ1) is 33.4. The molecular weight excluding hydrogens is 625 g/mol. The number of anilines is 1. The maximum atomic E-state index is 13.2. The molecule has 0 bridgehead atoms. The number of carbonyl (C=O) groups is 2. The number of hydrogen-bond donors (Lipinski definition) is 2. The molecule has 4 aromatic rings. The van der Waals surface area contributed by atoms with E-state index in [1.54, 1.807) is 30.9 Å². The lowest BCUT2D eigenvalue weighted by Gasteiger charge is -2.41. The standard InChI is InChI=1S/C35H39F3N6O4/c1-34(2,47)27-20-29-24(19-30(27)40-32(45)28-9-6-10-31(39-28)35(36,37)38)21-44(41-29)26-13-11-25(12-14-26)42-15-17-43(18-16-42)33(46)48-22-23-7-4-3-5-8-23/h3-10,19-21,25-26,47H,11-18,22H2,1-2H3,(H,40,45). The normalized spacial score (nSPS) is 19.3. The summed E-state index contributed by atoms with van der Waals surface area (Å²) in [6.07, 6.45) is 0.749. The third kappa shape index (κ3) is 7.63. The van der Waals surface area contributed by atoms with E-state index in [-0.39, 0.29) is 30.1 Å². The lowest BCUT2D eigenvalue weighted by Crippen LogP contribution is -2.52. The summed E-state index contributed by atoms with van der Waals surface area (Å²) >= 11 is 0. The van der Waals surface area contributed by atoms with Crippen molar-refractivity contribution >= 4 is 28.6 Å². The number of carbonyl (C=O) groups excluding carboxylic acids is 2. The van der Waals surface area contributed by atoms with E-state index in [1.807, 2.05) is 41.2 Å². The Morgan fingerprint density at radius 3 is 2.29 bits per heavy atom. The van der Waals surface area contributed by atoms with Crippen molar-refractivity contribution in [1.82, 2.24) is 24.6 Å². The average Bonchev–Trinajstić information content (AvgIpc) is 3.50. The van der Waals surface area contributed by atoms with Gasteiger partial charge >= 0.3 is 12.3 Å². The van der Waals surface area contributed by atoms with Gasteiger partial charge in [0.15, 0.2) is 0 Å². The summed E-state index contributed by atoms with van der Waals surface area (Å²) in [7, 11) is 0. The number of ether oxygens (including phenoxy) is 1. The fraction of sp³-hybridized carbons (Fsp3) is 0.429. The zero-order valence-electron chi connectivity index (χ0n) is 26.9. The maximum Gasteiger partial charge on any atom is 0.433 e. The number of fused-ring (bicyclic) bond motifs is 1. The van der Waals surface area contributed by atoms with Crippen LogP contribution in [-0.4, -0.2) is 73.9 Å². The topological polar surface area (TPSA) is 113 Å². The number of nitrogens with zero attached hydrogens (tertiary/aromatic N) is 5. The summed E-state index contributed by atoms with van der Waals surface area (Å²) in [4.78, 5) is 33.3. The van der Waals surface area contributed by atoms with Crippen molar-refractivity contribution in [3.05, 3.63) is 89.4 Å². The molecule has 1 saturated heterocycles. The number of amides is 2. The Morgan fingerprint density at radius 1 is 0.938 bits per heavy atom. The van der Waals surface area contributed by atoms with Crippen molar-refractivity contribution in [3.8, 4) is 0 Å². The van der Waals surface area contributed by atoms with Gasteiger partial charge in [0.25, 0.3) is 5.91 Å². The minimum Gasteiger partial charge on any atom is -0.445 e. The molecule has 2 fully saturated rings. The average molecular weight is 665 g/mol. The molecule has 10 nitrogen and oxygen atoms in total. The van der Waals surface area contributed by atoms with E-state index in [9.17, 15) is 27.9 Å². The maximum absolute atomic E-state index is 13.2. The minimum atomic E-state index is -4.69. The highest BCUT2D eigenvalue weighted by molar-refractivity contribution is 6.04. The van der Waals surface area contributed by atoms with Crippen molar-refractivity contribution in [1.29, 1.82) is 0 Å². The lowest BCUT2D eigenvalue weighted by molar-refractivity contribution is -0.141. The molecule has 6 rings (SSSR count). The van der Waals surface area contributed by atoms with Gasteiger partial charge in [0.1, 0.15) is 18.0 Å². The fourth-order valence-corrected chi connectivity index (χ4v) is 6.56. The van der Waals surface area contributed by atoms with Crippen LogP contribution in [0.1, 0.15) is 72.9 Å². The van der Waals surface area contributed by atoms with Crippen LogP contribution in [0.15, 0.2) is 66.9 Å². The second kappa shape index (κ2) is 13.6. The number of hydrogen-bond acceptors (Lipinski definition) is 7. The third-order valence-electron chi connectivity index (χ3n) is 9.18. The minimum absolute atomic E-state index is 0.167. The van der Waals surface area contributed by atoms with Crippen molar-refractivity contribution in [2.24, 2.45) is 0 Å². The third-order valence-corrected chi connectivity index (χ3v) is 9.18. The molecule has 2 amide bonds. The molecule has 0 spiro atoms. The predicted octanol–water partition coefficient (Wildman–Crippen LogP) is 6.37. The summed E-state index contributed by atoms with van der Waals surface area (Å²) in [5.41, 5.74) is -0.669. The molecular formula is C35H39F3N6O4. The lowest BCUT2D eigenvalue weighted by atomic mass is 9.90.